The number of benzene rings is 1. The fourth-order valence-corrected chi connectivity index (χ4v) is 2.73. The summed E-state index contributed by atoms with van der Waals surface area (Å²) in [6.45, 7) is 10.3. The zero-order valence-corrected chi connectivity index (χ0v) is 12.1. The van der Waals surface area contributed by atoms with Crippen LogP contribution in [0.2, 0.25) is 0 Å². The Hall–Kier alpha value is -1.28. The summed E-state index contributed by atoms with van der Waals surface area (Å²) in [4.78, 5) is 0. The zero-order valence-electron chi connectivity index (χ0n) is 12.1. The number of hydrogen-bond donors (Lipinski definition) is 1. The molecule has 2 unspecified atom stereocenters. The summed E-state index contributed by atoms with van der Waals surface area (Å²) in [5, 5.41) is 3.61. The van der Waals surface area contributed by atoms with E-state index in [0.717, 1.165) is 38.2 Å². The van der Waals surface area contributed by atoms with Gasteiger partial charge >= 0.3 is 0 Å². The van der Waals surface area contributed by atoms with Gasteiger partial charge in [-0.25, -0.2) is 0 Å². The fraction of sp³-hybridized carbons (Fsp3) is 0.529. The molecular weight excluding hydrogens is 234 g/mol. The van der Waals surface area contributed by atoms with Crippen LogP contribution in [0, 0.1) is 5.92 Å². The smallest absolute Gasteiger partial charge is 0.122 e. The molecule has 0 fully saturated rings. The Labute approximate surface area is 116 Å². The van der Waals surface area contributed by atoms with Crippen LogP contribution >= 0.6 is 0 Å². The van der Waals surface area contributed by atoms with Gasteiger partial charge in [-0.1, -0.05) is 44.2 Å². The normalized spacial score (nSPS) is 19.4. The molecule has 1 aliphatic rings. The number of nitrogens with one attached hydrogen (secondary N) is 1. The third-order valence-corrected chi connectivity index (χ3v) is 3.95. The van der Waals surface area contributed by atoms with Gasteiger partial charge in [0.25, 0.3) is 0 Å². The SMILES string of the molecule is C=C(CC)CC(NCC)C1COc2ccccc2C1. The Morgan fingerprint density at radius 2 is 2.21 bits per heavy atom. The average molecular weight is 259 g/mol. The maximum Gasteiger partial charge on any atom is 0.122 e. The molecule has 1 aromatic rings. The number of ether oxygens (including phenoxy) is 1. The second kappa shape index (κ2) is 6.76. The number of fused-ring (bicyclic) bond motifs is 1. The van der Waals surface area contributed by atoms with Gasteiger partial charge in [-0.3, -0.25) is 0 Å². The fourth-order valence-electron chi connectivity index (χ4n) is 2.73. The predicted molar refractivity (Wildman–Crippen MR) is 80.6 cm³/mol. The van der Waals surface area contributed by atoms with E-state index in [4.69, 9.17) is 4.74 Å². The molecule has 0 radical (unpaired) electrons. The highest BCUT2D eigenvalue weighted by atomic mass is 16.5. The monoisotopic (exact) mass is 259 g/mol. The number of hydrogen-bond acceptors (Lipinski definition) is 2. The van der Waals surface area contributed by atoms with E-state index in [1.54, 1.807) is 0 Å². The van der Waals surface area contributed by atoms with Crippen LogP contribution in [0.3, 0.4) is 0 Å². The van der Waals surface area contributed by atoms with Crippen molar-refractivity contribution in [1.29, 1.82) is 0 Å². The molecule has 19 heavy (non-hydrogen) atoms. The average Bonchev–Trinajstić information content (AvgIpc) is 2.46. The highest BCUT2D eigenvalue weighted by Gasteiger charge is 2.26. The van der Waals surface area contributed by atoms with Gasteiger partial charge in [0, 0.05) is 12.0 Å². The lowest BCUT2D eigenvalue weighted by Crippen LogP contribution is -2.41. The van der Waals surface area contributed by atoms with Gasteiger partial charge in [0.2, 0.25) is 0 Å². The largest absolute Gasteiger partial charge is 0.493 e. The molecule has 2 heteroatoms. The molecule has 0 amide bonds. The molecule has 0 saturated carbocycles. The van der Waals surface area contributed by atoms with Crippen LogP contribution in [0.4, 0.5) is 0 Å². The molecule has 0 saturated heterocycles. The van der Waals surface area contributed by atoms with E-state index >= 15 is 0 Å². The van der Waals surface area contributed by atoms with Gasteiger partial charge in [-0.15, -0.1) is 0 Å². The third-order valence-electron chi connectivity index (χ3n) is 3.95. The van der Waals surface area contributed by atoms with Gasteiger partial charge in [0.1, 0.15) is 5.75 Å². The van der Waals surface area contributed by atoms with E-state index in [9.17, 15) is 0 Å². The Morgan fingerprint density at radius 1 is 1.42 bits per heavy atom. The molecule has 104 valence electrons. The molecule has 0 aromatic heterocycles. The topological polar surface area (TPSA) is 21.3 Å². The maximum atomic E-state index is 5.91. The number of rotatable bonds is 6. The van der Waals surface area contributed by atoms with Crippen molar-refractivity contribution >= 4 is 0 Å². The van der Waals surface area contributed by atoms with Crippen molar-refractivity contribution in [1.82, 2.24) is 5.32 Å². The Morgan fingerprint density at radius 3 is 2.95 bits per heavy atom. The van der Waals surface area contributed by atoms with E-state index in [1.807, 2.05) is 6.07 Å². The lowest BCUT2D eigenvalue weighted by molar-refractivity contribution is 0.184. The van der Waals surface area contributed by atoms with E-state index in [0.29, 0.717) is 12.0 Å². The molecule has 1 N–H and O–H groups in total. The molecule has 2 rings (SSSR count). The predicted octanol–water partition coefficient (Wildman–Crippen LogP) is 3.57. The standard InChI is InChI=1S/C17H25NO/c1-4-13(3)10-16(18-5-2)15-11-14-8-6-7-9-17(14)19-12-15/h6-9,15-16,18H,3-5,10-12H2,1-2H3. The second-order valence-electron chi connectivity index (χ2n) is 5.35. The molecule has 1 aromatic carbocycles. The molecule has 0 aliphatic carbocycles. The Balaban J connectivity index is 2.05. The van der Waals surface area contributed by atoms with E-state index in [2.05, 4.69) is 43.9 Å². The van der Waals surface area contributed by atoms with Crippen molar-refractivity contribution in [2.75, 3.05) is 13.2 Å². The lowest BCUT2D eigenvalue weighted by atomic mass is 9.86. The van der Waals surface area contributed by atoms with Crippen LogP contribution in [0.15, 0.2) is 36.4 Å². The summed E-state index contributed by atoms with van der Waals surface area (Å²) < 4.78 is 5.91. The first-order chi connectivity index (χ1) is 9.24. The van der Waals surface area contributed by atoms with Crippen LogP contribution < -0.4 is 10.1 Å². The Bertz CT molecular complexity index is 427. The van der Waals surface area contributed by atoms with E-state index in [-0.39, 0.29) is 0 Å². The van der Waals surface area contributed by atoms with Crippen LogP contribution in [-0.4, -0.2) is 19.2 Å². The van der Waals surface area contributed by atoms with Crippen molar-refractivity contribution in [3.63, 3.8) is 0 Å². The van der Waals surface area contributed by atoms with Gasteiger partial charge in [0.05, 0.1) is 6.61 Å². The van der Waals surface area contributed by atoms with Gasteiger partial charge in [0.15, 0.2) is 0 Å². The summed E-state index contributed by atoms with van der Waals surface area (Å²) in [6, 6.07) is 8.86. The molecule has 0 bridgehead atoms. The summed E-state index contributed by atoms with van der Waals surface area (Å²) in [5.74, 6) is 1.60. The van der Waals surface area contributed by atoms with Crippen LogP contribution in [0.25, 0.3) is 0 Å². The minimum absolute atomic E-state index is 0.478. The first kappa shape index (κ1) is 14.1. The van der Waals surface area contributed by atoms with Crippen molar-refractivity contribution in [3.8, 4) is 5.75 Å². The highest BCUT2D eigenvalue weighted by molar-refractivity contribution is 5.35. The van der Waals surface area contributed by atoms with Gasteiger partial charge in [-0.2, -0.15) is 0 Å². The first-order valence-electron chi connectivity index (χ1n) is 7.35. The molecule has 2 atom stereocenters. The minimum atomic E-state index is 0.478. The molecule has 1 aliphatic heterocycles. The molecule has 1 heterocycles. The van der Waals surface area contributed by atoms with Crippen molar-refractivity contribution in [2.24, 2.45) is 5.92 Å². The molecule has 2 nitrogen and oxygen atoms in total. The van der Waals surface area contributed by atoms with E-state index in [1.165, 1.54) is 11.1 Å². The van der Waals surface area contributed by atoms with E-state index < -0.39 is 0 Å². The molecule has 0 spiro atoms. The zero-order chi connectivity index (χ0) is 13.7. The Kier molecular flexibility index (Phi) is 5.03. The van der Waals surface area contributed by atoms with Crippen molar-refractivity contribution < 1.29 is 4.74 Å². The quantitative estimate of drug-likeness (QED) is 0.789. The first-order valence-corrected chi connectivity index (χ1v) is 7.35. The highest BCUT2D eigenvalue weighted by Crippen LogP contribution is 2.29. The summed E-state index contributed by atoms with van der Waals surface area (Å²) in [6.07, 6.45) is 3.22. The molecular formula is C17H25NO. The number of para-hydroxylation sites is 1. The summed E-state index contributed by atoms with van der Waals surface area (Å²) in [5.41, 5.74) is 2.66. The van der Waals surface area contributed by atoms with Crippen LogP contribution in [0.5, 0.6) is 5.75 Å². The second-order valence-corrected chi connectivity index (χ2v) is 5.35. The van der Waals surface area contributed by atoms with Crippen molar-refractivity contribution in [3.05, 3.63) is 42.0 Å². The summed E-state index contributed by atoms with van der Waals surface area (Å²) in [7, 11) is 0. The van der Waals surface area contributed by atoms with Gasteiger partial charge < -0.3 is 10.1 Å². The minimum Gasteiger partial charge on any atom is -0.493 e. The summed E-state index contributed by atoms with van der Waals surface area (Å²) >= 11 is 0. The van der Waals surface area contributed by atoms with Crippen LogP contribution in [0.1, 0.15) is 32.3 Å². The van der Waals surface area contributed by atoms with Crippen molar-refractivity contribution in [2.45, 2.75) is 39.2 Å². The van der Waals surface area contributed by atoms with Crippen LogP contribution in [-0.2, 0) is 6.42 Å². The van der Waals surface area contributed by atoms with Gasteiger partial charge in [-0.05, 0) is 37.4 Å². The lowest BCUT2D eigenvalue weighted by Gasteiger charge is -2.32. The maximum absolute atomic E-state index is 5.91. The third kappa shape index (κ3) is 3.60.